The lowest BCUT2D eigenvalue weighted by atomic mass is 9.94. The first-order valence-electron chi connectivity index (χ1n) is 19.2. The molecule has 0 saturated carbocycles. The highest BCUT2D eigenvalue weighted by molar-refractivity contribution is 6.24. The van der Waals surface area contributed by atoms with Crippen LogP contribution in [0.15, 0.2) is 209 Å². The average Bonchev–Trinajstić information content (AvgIpc) is 3.83. The second kappa shape index (κ2) is 13.2. The summed E-state index contributed by atoms with van der Waals surface area (Å²) in [7, 11) is 0. The van der Waals surface area contributed by atoms with Crippen molar-refractivity contribution < 1.29 is 4.42 Å². The van der Waals surface area contributed by atoms with Crippen molar-refractivity contribution >= 4 is 55.3 Å². The zero-order valence-electron chi connectivity index (χ0n) is 30.5. The molecular formula is C52H35N3O. The number of fused-ring (bicyclic) bond motifs is 6. The number of hydrogen-bond acceptors (Lipinski definition) is 3. The first kappa shape index (κ1) is 32.2. The number of benzene rings is 8. The highest BCUT2D eigenvalue weighted by Crippen LogP contribution is 2.40. The maximum atomic E-state index is 6.57. The summed E-state index contributed by atoms with van der Waals surface area (Å²) in [5.74, 6) is 0.746. The summed E-state index contributed by atoms with van der Waals surface area (Å²) < 4.78 is 8.91. The molecule has 0 N–H and O–H groups in total. The van der Waals surface area contributed by atoms with E-state index in [4.69, 9.17) is 14.4 Å². The van der Waals surface area contributed by atoms with Gasteiger partial charge >= 0.3 is 0 Å². The molecule has 1 atom stereocenters. The predicted octanol–water partition coefficient (Wildman–Crippen LogP) is 13.4. The molecule has 0 fully saturated rings. The van der Waals surface area contributed by atoms with Gasteiger partial charge in [0.1, 0.15) is 5.58 Å². The summed E-state index contributed by atoms with van der Waals surface area (Å²) in [5, 5.41) is 4.49. The largest absolute Gasteiger partial charge is 0.454 e. The monoisotopic (exact) mass is 717 g/mol. The molecular weight excluding hydrogens is 683 g/mol. The smallest absolute Gasteiger partial charge is 0.159 e. The standard InChI is InChI=1S/C52H35N3O/c1-3-13-34(14-4-1)35-25-27-36(28-26-35)37-29-31-39(32-30-37)45-33-44(38-15-5-2-6-16-38)53-52(54-45)43-20-12-22-47-50(43)42-18-7-9-21-46(42)55(47)48-23-11-19-41-40-17-8-10-24-49(40)56-51(41)48/h1-32,44H,33H2. The van der Waals surface area contributed by atoms with Crippen molar-refractivity contribution in [1.29, 1.82) is 0 Å². The highest BCUT2D eigenvalue weighted by atomic mass is 16.3. The molecule has 0 saturated heterocycles. The first-order chi connectivity index (χ1) is 27.8. The van der Waals surface area contributed by atoms with Gasteiger partial charge in [-0.05, 0) is 57.6 Å². The molecule has 2 aromatic heterocycles. The lowest BCUT2D eigenvalue weighted by molar-refractivity contribution is 0.666. The fourth-order valence-electron chi connectivity index (χ4n) is 8.47. The van der Waals surface area contributed by atoms with Crippen LogP contribution in [0.1, 0.15) is 29.2 Å². The Bertz CT molecular complexity index is 3130. The SMILES string of the molecule is c1ccc(-c2ccc(-c3ccc(C4=NC(c5cccc6c5c5ccccc5n6-c5cccc6c5oc5ccccc56)=NC(c5ccccc5)C4)cc3)cc2)cc1. The van der Waals surface area contributed by atoms with Gasteiger partial charge in [0.25, 0.3) is 0 Å². The van der Waals surface area contributed by atoms with Crippen LogP contribution in [0.25, 0.3) is 71.7 Å². The Kier molecular flexibility index (Phi) is 7.59. The summed E-state index contributed by atoms with van der Waals surface area (Å²) in [4.78, 5) is 10.8. The fourth-order valence-corrected chi connectivity index (χ4v) is 8.47. The van der Waals surface area contributed by atoms with E-state index in [9.17, 15) is 0 Å². The lowest BCUT2D eigenvalue weighted by Crippen LogP contribution is -2.17. The molecule has 0 spiro atoms. The van der Waals surface area contributed by atoms with Crippen LogP contribution in [0.5, 0.6) is 0 Å². The van der Waals surface area contributed by atoms with Gasteiger partial charge < -0.3 is 8.98 Å². The van der Waals surface area contributed by atoms with Crippen molar-refractivity contribution in [3.05, 3.63) is 211 Å². The van der Waals surface area contributed by atoms with Crippen LogP contribution in [0.4, 0.5) is 0 Å². The third kappa shape index (κ3) is 5.38. The molecule has 11 rings (SSSR count). The number of furan rings is 1. The highest BCUT2D eigenvalue weighted by Gasteiger charge is 2.25. The van der Waals surface area contributed by atoms with Gasteiger partial charge in [-0.3, -0.25) is 4.99 Å². The minimum atomic E-state index is -0.0724. The van der Waals surface area contributed by atoms with E-state index in [0.717, 1.165) is 72.1 Å². The van der Waals surface area contributed by atoms with Gasteiger partial charge in [-0.15, -0.1) is 0 Å². The molecule has 56 heavy (non-hydrogen) atoms. The maximum Gasteiger partial charge on any atom is 0.159 e. The second-order valence-electron chi connectivity index (χ2n) is 14.5. The number of aromatic nitrogens is 1. The zero-order valence-corrected chi connectivity index (χ0v) is 30.5. The predicted molar refractivity (Wildman–Crippen MR) is 232 cm³/mol. The van der Waals surface area contributed by atoms with E-state index < -0.39 is 0 Å². The van der Waals surface area contributed by atoms with Crippen LogP contribution < -0.4 is 0 Å². The van der Waals surface area contributed by atoms with Crippen molar-refractivity contribution in [2.45, 2.75) is 12.5 Å². The third-order valence-electron chi connectivity index (χ3n) is 11.2. The summed E-state index contributed by atoms with van der Waals surface area (Å²) in [6.45, 7) is 0. The summed E-state index contributed by atoms with van der Waals surface area (Å²) in [6, 6.07) is 68.6. The molecule has 3 heterocycles. The molecule has 0 aliphatic carbocycles. The van der Waals surface area contributed by atoms with Crippen LogP contribution in [-0.2, 0) is 0 Å². The molecule has 1 unspecified atom stereocenters. The topological polar surface area (TPSA) is 42.8 Å². The van der Waals surface area contributed by atoms with Gasteiger partial charge in [0.2, 0.25) is 0 Å². The molecule has 1 aliphatic heterocycles. The van der Waals surface area contributed by atoms with Crippen molar-refractivity contribution in [3.63, 3.8) is 0 Å². The van der Waals surface area contributed by atoms with Crippen LogP contribution in [0, 0.1) is 0 Å². The van der Waals surface area contributed by atoms with E-state index in [2.05, 4.69) is 187 Å². The normalized spacial score (nSPS) is 14.4. The van der Waals surface area contributed by atoms with Gasteiger partial charge in [0.15, 0.2) is 11.4 Å². The van der Waals surface area contributed by atoms with Crippen molar-refractivity contribution in [1.82, 2.24) is 4.57 Å². The molecule has 1 aliphatic rings. The minimum absolute atomic E-state index is 0.0724. The van der Waals surface area contributed by atoms with Gasteiger partial charge in [-0.1, -0.05) is 170 Å². The Morgan fingerprint density at radius 1 is 0.464 bits per heavy atom. The third-order valence-corrected chi connectivity index (χ3v) is 11.2. The minimum Gasteiger partial charge on any atom is -0.454 e. The maximum absolute atomic E-state index is 6.57. The Morgan fingerprint density at radius 2 is 1.04 bits per heavy atom. The van der Waals surface area contributed by atoms with Gasteiger partial charge in [0, 0.05) is 33.5 Å². The molecule has 8 aromatic carbocycles. The number of amidine groups is 1. The quantitative estimate of drug-likeness (QED) is 0.169. The van der Waals surface area contributed by atoms with Crippen molar-refractivity contribution in [2.75, 3.05) is 0 Å². The Labute approximate surface area is 324 Å². The second-order valence-corrected chi connectivity index (χ2v) is 14.5. The Balaban J connectivity index is 1.04. The van der Waals surface area contributed by atoms with Crippen LogP contribution in [0.2, 0.25) is 0 Å². The van der Waals surface area contributed by atoms with Crippen LogP contribution in [0.3, 0.4) is 0 Å². The molecule has 264 valence electrons. The number of para-hydroxylation sites is 3. The van der Waals surface area contributed by atoms with E-state index in [-0.39, 0.29) is 6.04 Å². The van der Waals surface area contributed by atoms with E-state index in [1.54, 1.807) is 0 Å². The Hall–Kier alpha value is -7.30. The molecule has 0 amide bonds. The number of aliphatic imine (C=N–C) groups is 2. The fraction of sp³-hybridized carbons (Fsp3) is 0.0385. The molecule has 10 aromatic rings. The van der Waals surface area contributed by atoms with E-state index >= 15 is 0 Å². The average molecular weight is 718 g/mol. The molecule has 0 bridgehead atoms. The number of hydrogen-bond donors (Lipinski definition) is 0. The zero-order chi connectivity index (χ0) is 37.0. The number of rotatable bonds is 6. The number of nitrogens with zero attached hydrogens (tertiary/aromatic N) is 3. The summed E-state index contributed by atoms with van der Waals surface area (Å²) in [5.41, 5.74) is 14.1. The molecule has 4 heteroatoms. The van der Waals surface area contributed by atoms with Gasteiger partial charge in [-0.2, -0.15) is 0 Å². The van der Waals surface area contributed by atoms with E-state index in [0.29, 0.717) is 6.42 Å². The van der Waals surface area contributed by atoms with Crippen molar-refractivity contribution in [3.8, 4) is 27.9 Å². The molecule has 4 nitrogen and oxygen atoms in total. The van der Waals surface area contributed by atoms with E-state index in [1.165, 1.54) is 27.8 Å². The Morgan fingerprint density at radius 3 is 1.79 bits per heavy atom. The van der Waals surface area contributed by atoms with E-state index in [1.807, 2.05) is 12.1 Å². The first-order valence-corrected chi connectivity index (χ1v) is 19.2. The molecule has 0 radical (unpaired) electrons. The lowest BCUT2D eigenvalue weighted by Gasteiger charge is -2.22. The van der Waals surface area contributed by atoms with Crippen LogP contribution >= 0.6 is 0 Å². The van der Waals surface area contributed by atoms with Gasteiger partial charge in [0.05, 0.1) is 28.5 Å². The summed E-state index contributed by atoms with van der Waals surface area (Å²) in [6.07, 6.45) is 0.713. The van der Waals surface area contributed by atoms with Gasteiger partial charge in [-0.25, -0.2) is 4.99 Å². The van der Waals surface area contributed by atoms with Crippen LogP contribution in [-0.4, -0.2) is 16.1 Å². The van der Waals surface area contributed by atoms with Crippen molar-refractivity contribution in [2.24, 2.45) is 9.98 Å². The summed E-state index contributed by atoms with van der Waals surface area (Å²) >= 11 is 0.